The molecule has 0 amide bonds. The van der Waals surface area contributed by atoms with Gasteiger partial charge in [-0.3, -0.25) is 14.4 Å². The first kappa shape index (κ1) is 31.5. The molecule has 0 bridgehead atoms. The molecule has 0 aromatic rings. The Morgan fingerprint density at radius 1 is 1.09 bits per heavy atom. The summed E-state index contributed by atoms with van der Waals surface area (Å²) in [5.41, 5.74) is -4.19. The van der Waals surface area contributed by atoms with E-state index >= 15 is 0 Å². The molecule has 3 aliphatic heterocycles. The van der Waals surface area contributed by atoms with Gasteiger partial charge in [-0.15, -0.1) is 0 Å². The fraction of sp³-hybridized carbons (Fsp3) is 0.742. The Morgan fingerprint density at radius 3 is 2.35 bits per heavy atom. The Balaban J connectivity index is 1.63. The molecule has 1 saturated carbocycles. The summed E-state index contributed by atoms with van der Waals surface area (Å²) in [7, 11) is 0. The molecule has 3 heterocycles. The number of aliphatic hydroxyl groups excluding tert-OH is 1. The molecule has 2 saturated heterocycles. The lowest BCUT2D eigenvalue weighted by atomic mass is 9.44. The fourth-order valence-electron chi connectivity index (χ4n) is 7.91. The predicted octanol–water partition coefficient (Wildman–Crippen LogP) is 2.50. The topological polar surface area (TPSA) is 156 Å². The number of hydrogen-bond acceptors (Lipinski definition) is 12. The van der Waals surface area contributed by atoms with Crippen LogP contribution in [-0.4, -0.2) is 84.1 Å². The number of rotatable bonds is 8. The molecule has 5 aliphatic rings. The molecule has 12 heteroatoms. The van der Waals surface area contributed by atoms with E-state index in [4.69, 9.17) is 33.2 Å². The summed E-state index contributed by atoms with van der Waals surface area (Å²) in [6.07, 6.45) is 2.04. The van der Waals surface area contributed by atoms with Crippen LogP contribution in [0, 0.1) is 22.7 Å². The third kappa shape index (κ3) is 4.85. The van der Waals surface area contributed by atoms with Crippen LogP contribution in [0.3, 0.4) is 0 Å². The maximum absolute atomic E-state index is 13.6. The summed E-state index contributed by atoms with van der Waals surface area (Å²) in [6, 6.07) is 0. The normalized spacial score (nSPS) is 42.0. The minimum atomic E-state index is -1.61. The fourth-order valence-corrected chi connectivity index (χ4v) is 7.91. The Morgan fingerprint density at radius 2 is 1.79 bits per heavy atom. The number of epoxide rings is 1. The molecule has 0 aromatic carbocycles. The first-order valence-corrected chi connectivity index (χ1v) is 14.8. The molecule has 2 aliphatic carbocycles. The second-order valence-electron chi connectivity index (χ2n) is 12.9. The van der Waals surface area contributed by atoms with Crippen molar-refractivity contribution in [2.75, 3.05) is 13.2 Å². The largest absolute Gasteiger partial charge is 0.472 e. The minimum absolute atomic E-state index is 0.0273. The van der Waals surface area contributed by atoms with Gasteiger partial charge in [-0.2, -0.15) is 0 Å². The van der Waals surface area contributed by atoms with Gasteiger partial charge < -0.3 is 38.3 Å². The van der Waals surface area contributed by atoms with Crippen LogP contribution in [0.5, 0.6) is 0 Å². The van der Waals surface area contributed by atoms with E-state index < -0.39 is 76.4 Å². The van der Waals surface area contributed by atoms with Crippen molar-refractivity contribution in [1.82, 2.24) is 0 Å². The van der Waals surface area contributed by atoms with Crippen molar-refractivity contribution in [1.29, 1.82) is 0 Å². The maximum Gasteiger partial charge on any atom is 0.350 e. The van der Waals surface area contributed by atoms with Gasteiger partial charge in [0.2, 0.25) is 11.9 Å². The van der Waals surface area contributed by atoms with E-state index in [1.807, 2.05) is 26.0 Å². The molecule has 1 spiro atoms. The van der Waals surface area contributed by atoms with Crippen LogP contribution in [0.1, 0.15) is 67.7 Å². The zero-order chi connectivity index (χ0) is 31.5. The summed E-state index contributed by atoms with van der Waals surface area (Å²) in [5, 5.41) is 11.8. The molecule has 0 radical (unpaired) electrons. The minimum Gasteiger partial charge on any atom is -0.472 e. The third-order valence-corrected chi connectivity index (χ3v) is 10.5. The highest BCUT2D eigenvalue weighted by Crippen LogP contribution is 2.69. The number of ether oxygens (including phenoxy) is 7. The Kier molecular flexibility index (Phi) is 7.97. The van der Waals surface area contributed by atoms with Gasteiger partial charge in [-0.1, -0.05) is 19.4 Å². The summed E-state index contributed by atoms with van der Waals surface area (Å²) in [5.74, 6) is -3.11. The summed E-state index contributed by atoms with van der Waals surface area (Å²) < 4.78 is 41.3. The number of aliphatic hydroxyl groups is 1. The van der Waals surface area contributed by atoms with Gasteiger partial charge in [-0.25, -0.2) is 4.79 Å². The van der Waals surface area contributed by atoms with Crippen LogP contribution in [0.4, 0.5) is 0 Å². The molecule has 1 unspecified atom stereocenters. The average molecular weight is 607 g/mol. The summed E-state index contributed by atoms with van der Waals surface area (Å²) in [6.45, 7) is 10.6. The van der Waals surface area contributed by atoms with Crippen molar-refractivity contribution in [2.24, 2.45) is 22.7 Å². The van der Waals surface area contributed by atoms with Crippen LogP contribution in [0.2, 0.25) is 0 Å². The molecule has 12 nitrogen and oxygen atoms in total. The average Bonchev–Trinajstić information content (AvgIpc) is 3.40. The van der Waals surface area contributed by atoms with E-state index in [1.165, 1.54) is 27.7 Å². The first-order chi connectivity index (χ1) is 20.1. The van der Waals surface area contributed by atoms with Gasteiger partial charge in [-0.05, 0) is 51.2 Å². The highest BCUT2D eigenvalue weighted by Gasteiger charge is 2.81. The Labute approximate surface area is 251 Å². The number of carbonyl (C=O) groups is 4. The van der Waals surface area contributed by atoms with Crippen molar-refractivity contribution in [3.63, 3.8) is 0 Å². The van der Waals surface area contributed by atoms with Gasteiger partial charge in [0.1, 0.15) is 18.3 Å². The van der Waals surface area contributed by atoms with Crippen molar-refractivity contribution >= 4 is 23.9 Å². The van der Waals surface area contributed by atoms with Crippen molar-refractivity contribution in [3.8, 4) is 0 Å². The second kappa shape index (κ2) is 10.9. The number of fused-ring (bicyclic) bond motifs is 3. The van der Waals surface area contributed by atoms with E-state index in [0.29, 0.717) is 6.42 Å². The van der Waals surface area contributed by atoms with Crippen LogP contribution in [-0.2, 0) is 52.3 Å². The number of hydrogen-bond donors (Lipinski definition) is 1. The van der Waals surface area contributed by atoms with Gasteiger partial charge >= 0.3 is 23.9 Å². The van der Waals surface area contributed by atoms with Crippen LogP contribution < -0.4 is 0 Å². The Bertz CT molecular complexity index is 1240. The van der Waals surface area contributed by atoms with Crippen molar-refractivity contribution in [2.45, 2.75) is 110 Å². The third-order valence-electron chi connectivity index (χ3n) is 10.5. The maximum atomic E-state index is 13.6. The van der Waals surface area contributed by atoms with Crippen LogP contribution >= 0.6 is 0 Å². The summed E-state index contributed by atoms with van der Waals surface area (Å²) >= 11 is 0. The first-order valence-electron chi connectivity index (χ1n) is 14.8. The molecule has 43 heavy (non-hydrogen) atoms. The standard InChI is InChI=1S/C31H42O12/c1-8-28(6,43-19(5)34)27(36)42-25-21(35)13-22-29(7,23-12-20-9-10-37-26(20)41-23)16(2)11-24(40-18(4)33)30(22,14-38-17(3)32)31(25)15-39-31/h9-11,20-26,35H,8,12-15H2,1-7H3/t20-,21-,22-,23?,24+,25+,26+,28-,29+,30+,31-/m1/s1. The molecule has 3 fully saturated rings. The van der Waals surface area contributed by atoms with Gasteiger partial charge in [0.25, 0.3) is 0 Å². The van der Waals surface area contributed by atoms with E-state index in [9.17, 15) is 24.3 Å². The highest BCUT2D eigenvalue weighted by atomic mass is 16.7. The monoisotopic (exact) mass is 606 g/mol. The van der Waals surface area contributed by atoms with E-state index in [-0.39, 0.29) is 38.1 Å². The molecule has 238 valence electrons. The van der Waals surface area contributed by atoms with E-state index in [1.54, 1.807) is 13.2 Å². The lowest BCUT2D eigenvalue weighted by molar-refractivity contribution is -0.251. The highest BCUT2D eigenvalue weighted by molar-refractivity contribution is 5.82. The van der Waals surface area contributed by atoms with Gasteiger partial charge in [0, 0.05) is 32.1 Å². The van der Waals surface area contributed by atoms with Gasteiger partial charge in [0.15, 0.2) is 6.10 Å². The SMILES string of the molecule is CC[C@@](C)(OC(C)=O)C(=O)O[C@H]1[C@H](O)C[C@H]2[C@@](COC(C)=O)([C@@H](OC(C)=O)C=C(C)[C@]2(C)C2C[C@H]3C=CO[C@H]3O2)[C@@]12CO2. The lowest BCUT2D eigenvalue weighted by Crippen LogP contribution is -2.73. The molecular formula is C31H42O12. The zero-order valence-electron chi connectivity index (χ0n) is 25.7. The smallest absolute Gasteiger partial charge is 0.350 e. The van der Waals surface area contributed by atoms with Gasteiger partial charge in [0.05, 0.1) is 30.5 Å². The predicted molar refractivity (Wildman–Crippen MR) is 147 cm³/mol. The Hall–Kier alpha value is -2.96. The zero-order valence-corrected chi connectivity index (χ0v) is 25.7. The molecule has 5 rings (SSSR count). The quantitative estimate of drug-likeness (QED) is 0.187. The molecular weight excluding hydrogens is 564 g/mol. The van der Waals surface area contributed by atoms with E-state index in [0.717, 1.165) is 5.57 Å². The van der Waals surface area contributed by atoms with E-state index in [2.05, 4.69) is 0 Å². The lowest BCUT2D eigenvalue weighted by Gasteiger charge is -2.62. The van der Waals surface area contributed by atoms with Crippen molar-refractivity contribution < 1.29 is 57.4 Å². The van der Waals surface area contributed by atoms with Crippen LogP contribution in [0.15, 0.2) is 24.0 Å². The summed E-state index contributed by atoms with van der Waals surface area (Å²) in [4.78, 5) is 50.2. The molecule has 1 N–H and O–H groups in total. The molecule has 0 aromatic heterocycles. The number of esters is 4. The number of carbonyl (C=O) groups excluding carboxylic acids is 4. The van der Waals surface area contributed by atoms with Crippen molar-refractivity contribution in [3.05, 3.63) is 24.0 Å². The van der Waals surface area contributed by atoms with Crippen LogP contribution in [0.25, 0.3) is 0 Å². The second-order valence-corrected chi connectivity index (χ2v) is 12.9. The molecule has 11 atom stereocenters.